The third kappa shape index (κ3) is 3.78. The van der Waals surface area contributed by atoms with Gasteiger partial charge in [-0.1, -0.05) is 0 Å². The van der Waals surface area contributed by atoms with Crippen molar-refractivity contribution < 1.29 is 4.74 Å². The maximum Gasteiger partial charge on any atom is 0.164 e. The van der Waals surface area contributed by atoms with Crippen LogP contribution in [0, 0.1) is 0 Å². The van der Waals surface area contributed by atoms with Crippen LogP contribution in [0.25, 0.3) is 0 Å². The highest BCUT2D eigenvalue weighted by Gasteiger charge is 2.17. The van der Waals surface area contributed by atoms with Gasteiger partial charge in [0.15, 0.2) is 5.82 Å². The summed E-state index contributed by atoms with van der Waals surface area (Å²) in [5, 5.41) is 7.92. The van der Waals surface area contributed by atoms with E-state index in [1.807, 2.05) is 11.0 Å². The molecule has 0 spiro atoms. The van der Waals surface area contributed by atoms with Crippen LogP contribution in [0.3, 0.4) is 0 Å². The van der Waals surface area contributed by atoms with E-state index in [4.69, 9.17) is 4.74 Å². The molecule has 1 fully saturated rings. The summed E-state index contributed by atoms with van der Waals surface area (Å²) in [5.74, 6) is 0.867. The number of aromatic nitrogens is 3. The summed E-state index contributed by atoms with van der Waals surface area (Å²) in [5.41, 5.74) is 0.101. The quantitative estimate of drug-likeness (QED) is 0.867. The first kappa shape index (κ1) is 12.5. The van der Waals surface area contributed by atoms with Crippen molar-refractivity contribution in [3.63, 3.8) is 0 Å². The van der Waals surface area contributed by atoms with Gasteiger partial charge >= 0.3 is 0 Å². The highest BCUT2D eigenvalue weighted by atomic mass is 16.5. The van der Waals surface area contributed by atoms with Crippen molar-refractivity contribution in [1.82, 2.24) is 20.1 Å². The summed E-state index contributed by atoms with van der Waals surface area (Å²) in [4.78, 5) is 4.34. The van der Waals surface area contributed by atoms with E-state index in [2.05, 4.69) is 36.2 Å². The Morgan fingerprint density at radius 3 is 2.76 bits per heavy atom. The fraction of sp³-hybridized carbons (Fsp3) is 0.833. The Morgan fingerprint density at radius 2 is 2.12 bits per heavy atom. The Labute approximate surface area is 103 Å². The molecule has 0 amide bonds. The van der Waals surface area contributed by atoms with Crippen LogP contribution < -0.4 is 5.32 Å². The fourth-order valence-electron chi connectivity index (χ4n) is 1.86. The molecule has 0 aromatic carbocycles. The number of rotatable bonds is 3. The van der Waals surface area contributed by atoms with Crippen LogP contribution in [-0.2, 0) is 11.3 Å². The standard InChI is InChI=1S/C12H22N4O/c1-12(2,3)14-8-11-13-9-16(15-11)10-4-6-17-7-5-10/h9-10,14H,4-8H2,1-3H3. The van der Waals surface area contributed by atoms with Gasteiger partial charge in [0.25, 0.3) is 0 Å². The van der Waals surface area contributed by atoms with Crippen molar-refractivity contribution in [2.45, 2.75) is 51.7 Å². The first-order valence-corrected chi connectivity index (χ1v) is 6.27. The van der Waals surface area contributed by atoms with Crippen molar-refractivity contribution in [1.29, 1.82) is 0 Å². The van der Waals surface area contributed by atoms with Crippen LogP contribution in [-0.4, -0.2) is 33.5 Å². The molecule has 0 bridgehead atoms. The molecular formula is C12H22N4O. The molecule has 96 valence electrons. The number of hydrogen-bond donors (Lipinski definition) is 1. The Bertz CT molecular complexity index is 350. The lowest BCUT2D eigenvalue weighted by Crippen LogP contribution is -2.35. The molecule has 0 aliphatic carbocycles. The Morgan fingerprint density at radius 1 is 1.41 bits per heavy atom. The predicted octanol–water partition coefficient (Wildman–Crippen LogP) is 1.52. The second-order valence-corrected chi connectivity index (χ2v) is 5.59. The van der Waals surface area contributed by atoms with Crippen LogP contribution in [0.4, 0.5) is 0 Å². The zero-order valence-corrected chi connectivity index (χ0v) is 10.9. The number of nitrogens with zero attached hydrogens (tertiary/aromatic N) is 3. The maximum absolute atomic E-state index is 5.35. The lowest BCUT2D eigenvalue weighted by atomic mass is 10.1. The molecule has 1 N–H and O–H groups in total. The highest BCUT2D eigenvalue weighted by Crippen LogP contribution is 2.19. The van der Waals surface area contributed by atoms with E-state index in [1.54, 1.807) is 0 Å². The maximum atomic E-state index is 5.35. The third-order valence-corrected chi connectivity index (χ3v) is 2.90. The summed E-state index contributed by atoms with van der Waals surface area (Å²) in [6, 6.07) is 0.458. The number of hydrogen-bond acceptors (Lipinski definition) is 4. The Kier molecular flexibility index (Phi) is 3.79. The summed E-state index contributed by atoms with van der Waals surface area (Å²) in [6.45, 7) is 8.81. The Balaban J connectivity index is 1.91. The zero-order valence-electron chi connectivity index (χ0n) is 10.9. The van der Waals surface area contributed by atoms with E-state index in [1.165, 1.54) is 0 Å². The summed E-state index contributed by atoms with van der Waals surface area (Å²) in [6.07, 6.45) is 3.92. The zero-order chi connectivity index (χ0) is 12.3. The van der Waals surface area contributed by atoms with Gasteiger partial charge in [0, 0.05) is 18.8 Å². The summed E-state index contributed by atoms with van der Waals surface area (Å²) in [7, 11) is 0. The molecule has 1 aromatic heterocycles. The van der Waals surface area contributed by atoms with Crippen LogP contribution >= 0.6 is 0 Å². The molecule has 1 aromatic rings. The smallest absolute Gasteiger partial charge is 0.164 e. The van der Waals surface area contributed by atoms with Gasteiger partial charge in [-0.2, -0.15) is 5.10 Å². The van der Waals surface area contributed by atoms with Gasteiger partial charge in [-0.25, -0.2) is 9.67 Å². The molecule has 1 aliphatic heterocycles. The molecule has 17 heavy (non-hydrogen) atoms. The molecule has 2 heterocycles. The minimum Gasteiger partial charge on any atom is -0.381 e. The Hall–Kier alpha value is -0.940. The molecule has 0 atom stereocenters. The van der Waals surface area contributed by atoms with Gasteiger partial charge in [-0.15, -0.1) is 0 Å². The van der Waals surface area contributed by atoms with Gasteiger partial charge in [0.05, 0.1) is 12.6 Å². The van der Waals surface area contributed by atoms with Crippen LogP contribution in [0.15, 0.2) is 6.33 Å². The molecule has 0 saturated carbocycles. The van der Waals surface area contributed by atoms with Crippen molar-refractivity contribution >= 4 is 0 Å². The predicted molar refractivity (Wildman–Crippen MR) is 65.7 cm³/mol. The molecule has 5 heteroatoms. The lowest BCUT2D eigenvalue weighted by Gasteiger charge is -2.22. The third-order valence-electron chi connectivity index (χ3n) is 2.90. The van der Waals surface area contributed by atoms with E-state index in [0.29, 0.717) is 6.04 Å². The SMILES string of the molecule is CC(C)(C)NCc1ncn(C2CCOCC2)n1. The van der Waals surface area contributed by atoms with Gasteiger partial charge in [0.2, 0.25) is 0 Å². The minimum atomic E-state index is 0.101. The van der Waals surface area contributed by atoms with Crippen molar-refractivity contribution in [3.8, 4) is 0 Å². The van der Waals surface area contributed by atoms with Crippen molar-refractivity contribution in [3.05, 3.63) is 12.2 Å². The van der Waals surface area contributed by atoms with Crippen LogP contribution in [0.2, 0.25) is 0 Å². The van der Waals surface area contributed by atoms with E-state index in [0.717, 1.165) is 38.4 Å². The highest BCUT2D eigenvalue weighted by molar-refractivity contribution is 4.86. The van der Waals surface area contributed by atoms with Crippen LogP contribution in [0.5, 0.6) is 0 Å². The van der Waals surface area contributed by atoms with Gasteiger partial charge in [-0.3, -0.25) is 0 Å². The summed E-state index contributed by atoms with van der Waals surface area (Å²) >= 11 is 0. The normalized spacial score (nSPS) is 18.5. The average molecular weight is 238 g/mol. The second kappa shape index (κ2) is 5.14. The second-order valence-electron chi connectivity index (χ2n) is 5.59. The molecule has 2 rings (SSSR count). The van der Waals surface area contributed by atoms with Gasteiger partial charge < -0.3 is 10.1 Å². The van der Waals surface area contributed by atoms with Gasteiger partial charge in [-0.05, 0) is 33.6 Å². The summed E-state index contributed by atoms with van der Waals surface area (Å²) < 4.78 is 7.33. The van der Waals surface area contributed by atoms with Crippen LogP contribution in [0.1, 0.15) is 45.5 Å². The van der Waals surface area contributed by atoms with Crippen molar-refractivity contribution in [2.24, 2.45) is 0 Å². The molecule has 1 saturated heterocycles. The molecule has 0 radical (unpaired) electrons. The first-order valence-electron chi connectivity index (χ1n) is 6.27. The fourth-order valence-corrected chi connectivity index (χ4v) is 1.86. The average Bonchev–Trinajstić information content (AvgIpc) is 2.75. The van der Waals surface area contributed by atoms with E-state index in [9.17, 15) is 0 Å². The molecular weight excluding hydrogens is 216 g/mol. The number of ether oxygens (including phenoxy) is 1. The number of nitrogens with one attached hydrogen (secondary N) is 1. The lowest BCUT2D eigenvalue weighted by molar-refractivity contribution is 0.0660. The topological polar surface area (TPSA) is 52.0 Å². The first-order chi connectivity index (χ1) is 8.04. The minimum absolute atomic E-state index is 0.101. The molecule has 1 aliphatic rings. The van der Waals surface area contributed by atoms with Crippen molar-refractivity contribution in [2.75, 3.05) is 13.2 Å². The molecule has 5 nitrogen and oxygen atoms in total. The van der Waals surface area contributed by atoms with E-state index in [-0.39, 0.29) is 5.54 Å². The van der Waals surface area contributed by atoms with E-state index < -0.39 is 0 Å². The largest absolute Gasteiger partial charge is 0.381 e. The monoisotopic (exact) mass is 238 g/mol. The molecule has 0 unspecified atom stereocenters. The van der Waals surface area contributed by atoms with E-state index >= 15 is 0 Å². The van der Waals surface area contributed by atoms with Gasteiger partial charge in [0.1, 0.15) is 6.33 Å².